The van der Waals surface area contributed by atoms with E-state index in [0.717, 1.165) is 42.1 Å². The standard InChI is InChI=1S/C24H25N3O2/c1-17-15-19-8-3-5-9-22(19)27(17)24(28)21-16-20(12-14-26-21)25-13-11-18-7-4-6-10-23(18)29-2/h3-10,12,14,16-17H,11,13,15H2,1-2H3,(H,25,26). The molecule has 0 spiro atoms. The topological polar surface area (TPSA) is 54.5 Å². The van der Waals surface area contributed by atoms with Crippen molar-refractivity contribution in [1.82, 2.24) is 4.98 Å². The Bertz CT molecular complexity index is 1020. The molecule has 0 bridgehead atoms. The van der Waals surface area contributed by atoms with Crippen LogP contribution >= 0.6 is 0 Å². The Hall–Kier alpha value is -3.34. The highest BCUT2D eigenvalue weighted by Gasteiger charge is 2.31. The van der Waals surface area contributed by atoms with Crippen LogP contribution in [-0.4, -0.2) is 30.6 Å². The van der Waals surface area contributed by atoms with Crippen LogP contribution < -0.4 is 15.0 Å². The van der Waals surface area contributed by atoms with Crippen LogP contribution in [0.3, 0.4) is 0 Å². The first kappa shape index (κ1) is 19.0. The fourth-order valence-corrected chi connectivity index (χ4v) is 3.91. The second-order valence-corrected chi connectivity index (χ2v) is 7.28. The number of aromatic nitrogens is 1. The zero-order valence-electron chi connectivity index (χ0n) is 16.8. The number of nitrogens with one attached hydrogen (secondary N) is 1. The Morgan fingerprint density at radius 1 is 1.17 bits per heavy atom. The van der Waals surface area contributed by atoms with Crippen molar-refractivity contribution in [2.45, 2.75) is 25.8 Å². The van der Waals surface area contributed by atoms with Crippen LogP contribution in [0.15, 0.2) is 66.9 Å². The monoisotopic (exact) mass is 387 g/mol. The molecule has 2 heterocycles. The first-order valence-electron chi connectivity index (χ1n) is 9.90. The van der Waals surface area contributed by atoms with Crippen molar-refractivity contribution in [3.8, 4) is 5.75 Å². The molecule has 0 fully saturated rings. The van der Waals surface area contributed by atoms with Crippen LogP contribution in [0.25, 0.3) is 0 Å². The SMILES string of the molecule is COc1ccccc1CCNc1ccnc(C(=O)N2c3ccccc3CC2C)c1. The molecule has 2 aromatic carbocycles. The van der Waals surface area contributed by atoms with Crippen LogP contribution in [0, 0.1) is 0 Å². The predicted molar refractivity (Wildman–Crippen MR) is 116 cm³/mol. The lowest BCUT2D eigenvalue weighted by Gasteiger charge is -2.22. The number of pyridine rings is 1. The number of carbonyl (C=O) groups is 1. The lowest BCUT2D eigenvalue weighted by Crippen LogP contribution is -2.36. The van der Waals surface area contributed by atoms with Gasteiger partial charge in [0.2, 0.25) is 0 Å². The number of methoxy groups -OCH3 is 1. The Kier molecular flexibility index (Phi) is 5.47. The van der Waals surface area contributed by atoms with Gasteiger partial charge >= 0.3 is 0 Å². The summed E-state index contributed by atoms with van der Waals surface area (Å²) in [7, 11) is 1.69. The van der Waals surface area contributed by atoms with E-state index in [-0.39, 0.29) is 11.9 Å². The first-order valence-corrected chi connectivity index (χ1v) is 9.90. The Morgan fingerprint density at radius 2 is 1.97 bits per heavy atom. The average molecular weight is 387 g/mol. The number of ether oxygens (including phenoxy) is 1. The van der Waals surface area contributed by atoms with Gasteiger partial charge in [-0.1, -0.05) is 36.4 Å². The average Bonchev–Trinajstić information content (AvgIpc) is 3.09. The molecule has 0 aliphatic carbocycles. The smallest absolute Gasteiger partial charge is 0.277 e. The summed E-state index contributed by atoms with van der Waals surface area (Å²) in [4.78, 5) is 19.4. The minimum atomic E-state index is -0.0594. The third-order valence-electron chi connectivity index (χ3n) is 5.32. The lowest BCUT2D eigenvalue weighted by molar-refractivity contribution is 0.0976. The van der Waals surface area contributed by atoms with Crippen molar-refractivity contribution in [2.75, 3.05) is 23.9 Å². The molecule has 1 aromatic heterocycles. The minimum Gasteiger partial charge on any atom is -0.496 e. The lowest BCUT2D eigenvalue weighted by atomic mass is 10.1. The molecule has 1 aliphatic rings. The number of fused-ring (bicyclic) bond motifs is 1. The molecule has 0 saturated heterocycles. The molecule has 1 unspecified atom stereocenters. The molecule has 3 aromatic rings. The van der Waals surface area contributed by atoms with Crippen molar-refractivity contribution in [1.29, 1.82) is 0 Å². The predicted octanol–water partition coefficient (Wildman–Crippen LogP) is 4.34. The maximum atomic E-state index is 13.2. The summed E-state index contributed by atoms with van der Waals surface area (Å²) >= 11 is 0. The highest BCUT2D eigenvalue weighted by Crippen LogP contribution is 2.33. The van der Waals surface area contributed by atoms with Gasteiger partial charge in [-0.15, -0.1) is 0 Å². The van der Waals surface area contributed by atoms with E-state index in [9.17, 15) is 4.79 Å². The van der Waals surface area contributed by atoms with Crippen LogP contribution in [0.5, 0.6) is 5.75 Å². The number of anilines is 2. The van der Waals surface area contributed by atoms with Gasteiger partial charge in [-0.05, 0) is 55.2 Å². The summed E-state index contributed by atoms with van der Waals surface area (Å²) in [5, 5.41) is 3.39. The van der Waals surface area contributed by atoms with Crippen LogP contribution in [-0.2, 0) is 12.8 Å². The molecule has 1 N–H and O–H groups in total. The van der Waals surface area contributed by atoms with Gasteiger partial charge in [-0.25, -0.2) is 0 Å². The zero-order chi connectivity index (χ0) is 20.2. The molecule has 5 nitrogen and oxygen atoms in total. The molecule has 1 aliphatic heterocycles. The maximum absolute atomic E-state index is 13.2. The van der Waals surface area contributed by atoms with E-state index in [0.29, 0.717) is 5.69 Å². The Morgan fingerprint density at radius 3 is 2.83 bits per heavy atom. The summed E-state index contributed by atoms with van der Waals surface area (Å²) in [6.07, 6.45) is 3.39. The van der Waals surface area contributed by atoms with Crippen molar-refractivity contribution in [2.24, 2.45) is 0 Å². The molecule has 1 amide bonds. The van der Waals surface area contributed by atoms with Crippen molar-refractivity contribution < 1.29 is 9.53 Å². The van der Waals surface area contributed by atoms with Crippen LogP contribution in [0.1, 0.15) is 28.5 Å². The second-order valence-electron chi connectivity index (χ2n) is 7.28. The number of hydrogen-bond acceptors (Lipinski definition) is 4. The van der Waals surface area contributed by atoms with E-state index in [1.54, 1.807) is 13.3 Å². The van der Waals surface area contributed by atoms with Crippen LogP contribution in [0.2, 0.25) is 0 Å². The maximum Gasteiger partial charge on any atom is 0.277 e. The van der Waals surface area contributed by atoms with E-state index in [2.05, 4.69) is 29.4 Å². The summed E-state index contributed by atoms with van der Waals surface area (Å²) in [6, 6.07) is 19.9. The molecule has 29 heavy (non-hydrogen) atoms. The summed E-state index contributed by atoms with van der Waals surface area (Å²) in [6.45, 7) is 2.81. The van der Waals surface area contributed by atoms with E-state index in [1.165, 1.54) is 5.56 Å². The van der Waals surface area contributed by atoms with E-state index in [1.807, 2.05) is 53.4 Å². The number of nitrogens with zero attached hydrogens (tertiary/aromatic N) is 2. The fourth-order valence-electron chi connectivity index (χ4n) is 3.91. The summed E-state index contributed by atoms with van der Waals surface area (Å²) in [5.41, 5.74) is 4.69. The quantitative estimate of drug-likeness (QED) is 0.684. The molecule has 0 radical (unpaired) electrons. The minimum absolute atomic E-state index is 0.0594. The number of carbonyl (C=O) groups excluding carboxylic acids is 1. The number of rotatable bonds is 6. The van der Waals surface area contributed by atoms with Gasteiger partial charge in [0.05, 0.1) is 7.11 Å². The molecule has 148 valence electrons. The Balaban J connectivity index is 1.46. The summed E-state index contributed by atoms with van der Waals surface area (Å²) in [5.74, 6) is 0.831. The highest BCUT2D eigenvalue weighted by molar-refractivity contribution is 6.06. The van der Waals surface area contributed by atoms with Gasteiger partial charge in [0.15, 0.2) is 0 Å². The van der Waals surface area contributed by atoms with E-state index < -0.39 is 0 Å². The molecular weight excluding hydrogens is 362 g/mol. The number of hydrogen-bond donors (Lipinski definition) is 1. The Labute approximate surface area is 171 Å². The van der Waals surface area contributed by atoms with Gasteiger partial charge < -0.3 is 15.0 Å². The number of amides is 1. The summed E-state index contributed by atoms with van der Waals surface area (Å²) < 4.78 is 5.41. The molecule has 0 saturated carbocycles. The van der Waals surface area contributed by atoms with E-state index in [4.69, 9.17) is 4.74 Å². The number of para-hydroxylation sites is 2. The third kappa shape index (κ3) is 3.94. The van der Waals surface area contributed by atoms with Crippen molar-refractivity contribution >= 4 is 17.3 Å². The molecule has 4 rings (SSSR count). The first-order chi connectivity index (χ1) is 14.2. The number of benzene rings is 2. The van der Waals surface area contributed by atoms with Gasteiger partial charge in [-0.2, -0.15) is 0 Å². The normalized spacial score (nSPS) is 15.1. The van der Waals surface area contributed by atoms with E-state index >= 15 is 0 Å². The van der Waals surface area contributed by atoms with Crippen LogP contribution in [0.4, 0.5) is 11.4 Å². The van der Waals surface area contributed by atoms with Gasteiger partial charge in [0.1, 0.15) is 11.4 Å². The second kappa shape index (κ2) is 8.35. The molecule has 1 atom stereocenters. The third-order valence-corrected chi connectivity index (χ3v) is 5.32. The largest absolute Gasteiger partial charge is 0.496 e. The highest BCUT2D eigenvalue weighted by atomic mass is 16.5. The van der Waals surface area contributed by atoms with Gasteiger partial charge in [-0.3, -0.25) is 9.78 Å². The zero-order valence-corrected chi connectivity index (χ0v) is 16.8. The van der Waals surface area contributed by atoms with Gasteiger partial charge in [0.25, 0.3) is 5.91 Å². The fraction of sp³-hybridized carbons (Fsp3) is 0.250. The molecule has 5 heteroatoms. The van der Waals surface area contributed by atoms with Crippen molar-refractivity contribution in [3.63, 3.8) is 0 Å². The molecular formula is C24H25N3O2. The van der Waals surface area contributed by atoms with Gasteiger partial charge in [0, 0.05) is 30.2 Å². The van der Waals surface area contributed by atoms with Crippen molar-refractivity contribution in [3.05, 3.63) is 83.7 Å².